The number of carbonyl (C=O) groups is 1. The second-order valence-electron chi connectivity index (χ2n) is 6.00. The molecule has 1 aliphatic rings. The van der Waals surface area contributed by atoms with Crippen molar-refractivity contribution in [3.8, 4) is 0 Å². The van der Waals surface area contributed by atoms with E-state index in [2.05, 4.69) is 10.3 Å². The molecule has 0 bridgehead atoms. The molecule has 130 valence electrons. The van der Waals surface area contributed by atoms with E-state index in [4.69, 9.17) is 23.2 Å². The molecule has 0 radical (unpaired) electrons. The number of hydrogen-bond acceptors (Lipinski definition) is 3. The average molecular weight is 384 g/mol. The fourth-order valence-corrected chi connectivity index (χ4v) is 3.44. The molecule has 26 heavy (non-hydrogen) atoms. The Kier molecular flexibility index (Phi) is 4.53. The van der Waals surface area contributed by atoms with E-state index >= 15 is 0 Å². The standard InChI is InChI=1S/C20H15Cl2N3O/c21-15-9-4-10-16(17(15)22)24-19-18-14(8-5-11-23-18)20(26)25(19)12-13-6-2-1-3-7-13/h1-11,19,24H,12H2/t19-/m0/s1. The topological polar surface area (TPSA) is 45.2 Å². The van der Waals surface area contributed by atoms with E-state index in [1.165, 1.54) is 0 Å². The lowest BCUT2D eigenvalue weighted by Gasteiger charge is -2.27. The highest BCUT2D eigenvalue weighted by atomic mass is 35.5. The number of anilines is 1. The Labute approximate surface area is 161 Å². The van der Waals surface area contributed by atoms with Crippen molar-refractivity contribution < 1.29 is 4.79 Å². The molecule has 1 aliphatic heterocycles. The summed E-state index contributed by atoms with van der Waals surface area (Å²) in [6.45, 7) is 0.464. The van der Waals surface area contributed by atoms with E-state index in [9.17, 15) is 4.79 Å². The molecule has 2 aromatic carbocycles. The van der Waals surface area contributed by atoms with E-state index in [0.717, 1.165) is 5.56 Å². The van der Waals surface area contributed by atoms with Crippen molar-refractivity contribution in [3.05, 3.63) is 93.7 Å². The normalized spacial score (nSPS) is 15.8. The molecule has 3 aromatic rings. The van der Waals surface area contributed by atoms with E-state index < -0.39 is 6.17 Å². The van der Waals surface area contributed by atoms with Crippen LogP contribution in [0.4, 0.5) is 5.69 Å². The summed E-state index contributed by atoms with van der Waals surface area (Å²) in [5, 5.41) is 4.21. The second-order valence-corrected chi connectivity index (χ2v) is 6.79. The Hall–Kier alpha value is -2.56. The molecule has 6 heteroatoms. The molecule has 0 fully saturated rings. The minimum atomic E-state index is -0.421. The third-order valence-electron chi connectivity index (χ3n) is 4.34. The molecule has 1 aromatic heterocycles. The summed E-state index contributed by atoms with van der Waals surface area (Å²) in [4.78, 5) is 19.1. The zero-order valence-electron chi connectivity index (χ0n) is 13.7. The second kappa shape index (κ2) is 6.98. The monoisotopic (exact) mass is 383 g/mol. The van der Waals surface area contributed by atoms with E-state index in [1.807, 2.05) is 42.5 Å². The Morgan fingerprint density at radius 2 is 1.81 bits per heavy atom. The van der Waals surface area contributed by atoms with E-state index in [0.29, 0.717) is 33.5 Å². The molecule has 0 aliphatic carbocycles. The van der Waals surface area contributed by atoms with Gasteiger partial charge in [-0.1, -0.05) is 59.6 Å². The van der Waals surface area contributed by atoms with Crippen molar-refractivity contribution in [2.24, 2.45) is 0 Å². The Morgan fingerprint density at radius 1 is 1.00 bits per heavy atom. The first-order valence-corrected chi connectivity index (χ1v) is 8.91. The lowest BCUT2D eigenvalue weighted by molar-refractivity contribution is 0.0728. The van der Waals surface area contributed by atoms with Gasteiger partial charge >= 0.3 is 0 Å². The molecule has 0 spiro atoms. The van der Waals surface area contributed by atoms with Gasteiger partial charge in [-0.25, -0.2) is 0 Å². The molecular formula is C20H15Cl2N3O. The smallest absolute Gasteiger partial charge is 0.258 e. The molecule has 1 amide bonds. The number of nitrogens with one attached hydrogen (secondary N) is 1. The molecule has 4 rings (SSSR count). The molecule has 0 saturated heterocycles. The number of fused-ring (bicyclic) bond motifs is 1. The molecule has 2 heterocycles. The van der Waals surface area contributed by atoms with Gasteiger partial charge in [-0.3, -0.25) is 9.78 Å². The van der Waals surface area contributed by atoms with Crippen molar-refractivity contribution >= 4 is 34.8 Å². The maximum Gasteiger partial charge on any atom is 0.258 e. The highest BCUT2D eigenvalue weighted by Gasteiger charge is 2.38. The van der Waals surface area contributed by atoms with Crippen molar-refractivity contribution in [2.75, 3.05) is 5.32 Å². The maximum atomic E-state index is 12.9. The first kappa shape index (κ1) is 16.9. The summed E-state index contributed by atoms with van der Waals surface area (Å²) in [7, 11) is 0. The van der Waals surface area contributed by atoms with Gasteiger partial charge in [-0.2, -0.15) is 0 Å². The van der Waals surface area contributed by atoms with Gasteiger partial charge in [-0.05, 0) is 29.8 Å². The van der Waals surface area contributed by atoms with Crippen LogP contribution in [-0.2, 0) is 6.54 Å². The van der Waals surface area contributed by atoms with Gasteiger partial charge in [0.15, 0.2) is 0 Å². The third kappa shape index (κ3) is 3.02. The maximum absolute atomic E-state index is 12.9. The Balaban J connectivity index is 1.72. The van der Waals surface area contributed by atoms with Gasteiger partial charge in [0, 0.05) is 12.7 Å². The summed E-state index contributed by atoms with van der Waals surface area (Å²) in [5.41, 5.74) is 2.98. The van der Waals surface area contributed by atoms with Gasteiger partial charge in [0.2, 0.25) is 0 Å². The lowest BCUT2D eigenvalue weighted by Crippen LogP contribution is -2.32. The van der Waals surface area contributed by atoms with Crippen LogP contribution in [0.3, 0.4) is 0 Å². The highest BCUT2D eigenvalue weighted by Crippen LogP contribution is 2.37. The molecule has 4 nitrogen and oxygen atoms in total. The number of carbonyl (C=O) groups excluding carboxylic acids is 1. The van der Waals surface area contributed by atoms with Gasteiger partial charge in [0.25, 0.3) is 5.91 Å². The first-order chi connectivity index (χ1) is 12.6. The molecular weight excluding hydrogens is 369 g/mol. The summed E-state index contributed by atoms with van der Waals surface area (Å²) in [5.74, 6) is -0.0624. The number of amides is 1. The Bertz CT molecular complexity index is 962. The third-order valence-corrected chi connectivity index (χ3v) is 5.16. The number of rotatable bonds is 4. The SMILES string of the molecule is O=C1c2cccnc2[C@@H](Nc2cccc(Cl)c2Cl)N1Cc1ccccc1. The number of halogens is 2. The number of aromatic nitrogens is 1. The first-order valence-electron chi connectivity index (χ1n) is 8.15. The van der Waals surface area contributed by atoms with Gasteiger partial charge in [-0.15, -0.1) is 0 Å². The fourth-order valence-electron chi connectivity index (χ4n) is 3.09. The molecule has 1 atom stereocenters. The van der Waals surface area contributed by atoms with Crippen LogP contribution in [-0.4, -0.2) is 15.8 Å². The Morgan fingerprint density at radius 3 is 2.62 bits per heavy atom. The molecule has 0 saturated carbocycles. The predicted octanol–water partition coefficient (Wildman–Crippen LogP) is 5.16. The van der Waals surface area contributed by atoms with Crippen molar-refractivity contribution in [1.82, 2.24) is 9.88 Å². The van der Waals surface area contributed by atoms with Crippen molar-refractivity contribution in [3.63, 3.8) is 0 Å². The summed E-state index contributed by atoms with van der Waals surface area (Å²) in [6.07, 6.45) is 1.27. The number of hydrogen-bond donors (Lipinski definition) is 1. The predicted molar refractivity (Wildman–Crippen MR) is 103 cm³/mol. The minimum absolute atomic E-state index is 0.0624. The highest BCUT2D eigenvalue weighted by molar-refractivity contribution is 6.43. The molecule has 0 unspecified atom stereocenters. The largest absolute Gasteiger partial charge is 0.359 e. The number of nitrogens with zero attached hydrogens (tertiary/aromatic N) is 2. The van der Waals surface area contributed by atoms with E-state index in [1.54, 1.807) is 29.3 Å². The van der Waals surface area contributed by atoms with Crippen LogP contribution in [0.25, 0.3) is 0 Å². The van der Waals surface area contributed by atoms with Gasteiger partial charge < -0.3 is 10.2 Å². The summed E-state index contributed by atoms with van der Waals surface area (Å²) in [6, 6.07) is 18.8. The van der Waals surface area contributed by atoms with Gasteiger partial charge in [0.1, 0.15) is 6.17 Å². The van der Waals surface area contributed by atoms with Crippen LogP contribution in [0.5, 0.6) is 0 Å². The molecule has 1 N–H and O–H groups in total. The van der Waals surface area contributed by atoms with Crippen LogP contribution in [0, 0.1) is 0 Å². The average Bonchev–Trinajstić information content (AvgIpc) is 2.92. The summed E-state index contributed by atoms with van der Waals surface area (Å²) >= 11 is 12.5. The van der Waals surface area contributed by atoms with E-state index in [-0.39, 0.29) is 5.91 Å². The zero-order chi connectivity index (χ0) is 18.1. The van der Waals surface area contributed by atoms with Crippen LogP contribution in [0.15, 0.2) is 66.9 Å². The lowest BCUT2D eigenvalue weighted by atomic mass is 10.2. The number of pyridine rings is 1. The van der Waals surface area contributed by atoms with Crippen LogP contribution < -0.4 is 5.32 Å². The fraction of sp³-hybridized carbons (Fsp3) is 0.100. The van der Waals surface area contributed by atoms with Crippen molar-refractivity contribution in [2.45, 2.75) is 12.7 Å². The quantitative estimate of drug-likeness (QED) is 0.676. The van der Waals surface area contributed by atoms with Crippen LogP contribution in [0.2, 0.25) is 10.0 Å². The minimum Gasteiger partial charge on any atom is -0.359 e. The van der Waals surface area contributed by atoms with Crippen molar-refractivity contribution in [1.29, 1.82) is 0 Å². The van der Waals surface area contributed by atoms with Crippen LogP contribution >= 0.6 is 23.2 Å². The van der Waals surface area contributed by atoms with Gasteiger partial charge in [0.05, 0.1) is 27.0 Å². The summed E-state index contributed by atoms with van der Waals surface area (Å²) < 4.78 is 0. The zero-order valence-corrected chi connectivity index (χ0v) is 15.2. The number of benzene rings is 2. The van der Waals surface area contributed by atoms with Crippen LogP contribution in [0.1, 0.15) is 27.8 Å².